The Morgan fingerprint density at radius 1 is 1.41 bits per heavy atom. The Hall–Kier alpha value is -2.08. The van der Waals surface area contributed by atoms with Crippen LogP contribution < -0.4 is 10.6 Å². The maximum atomic E-state index is 11.4. The summed E-state index contributed by atoms with van der Waals surface area (Å²) < 4.78 is 0.563. The molecule has 0 aliphatic rings. The minimum absolute atomic E-state index is 0.265. The Balaban J connectivity index is 2.16. The maximum absolute atomic E-state index is 11.4. The average molecular weight is 248 g/mol. The van der Waals surface area contributed by atoms with Gasteiger partial charge in [-0.25, -0.2) is 4.79 Å². The molecule has 0 spiro atoms. The first-order valence-electron chi connectivity index (χ1n) is 5.07. The Morgan fingerprint density at radius 2 is 2.18 bits per heavy atom. The van der Waals surface area contributed by atoms with Crippen LogP contribution in [0.3, 0.4) is 0 Å². The molecule has 6 heteroatoms. The van der Waals surface area contributed by atoms with Gasteiger partial charge in [-0.1, -0.05) is 6.08 Å². The van der Waals surface area contributed by atoms with Gasteiger partial charge < -0.3 is 20.6 Å². The normalized spacial score (nSPS) is 10.1. The lowest BCUT2D eigenvalue weighted by Crippen LogP contribution is -2.28. The molecule has 0 atom stereocenters. The highest BCUT2D eigenvalue weighted by Gasteiger charge is 2.02. The first-order chi connectivity index (χ1) is 8.19. The molecule has 4 N–H and O–H groups in total. The Morgan fingerprint density at radius 3 is 2.94 bits per heavy atom. The molecule has 0 fully saturated rings. The molecular formula is C11H12N4OS. The highest BCUT2D eigenvalue weighted by molar-refractivity contribution is 7.71. The van der Waals surface area contributed by atoms with Gasteiger partial charge in [0.15, 0.2) is 4.77 Å². The number of amides is 2. The zero-order valence-electron chi connectivity index (χ0n) is 9.04. The molecular weight excluding hydrogens is 236 g/mol. The smallest absolute Gasteiger partial charge is 0.319 e. The number of hydrogen-bond donors (Lipinski definition) is 4. The van der Waals surface area contributed by atoms with Crippen LogP contribution in [0.2, 0.25) is 0 Å². The number of carbonyl (C=O) groups is 1. The van der Waals surface area contributed by atoms with Crippen LogP contribution in [0.5, 0.6) is 0 Å². The lowest BCUT2D eigenvalue weighted by molar-refractivity contribution is 0.253. The Bertz CT molecular complexity index is 613. The first-order valence-corrected chi connectivity index (χ1v) is 5.47. The van der Waals surface area contributed by atoms with Gasteiger partial charge in [0, 0.05) is 12.2 Å². The van der Waals surface area contributed by atoms with Crippen molar-refractivity contribution in [3.8, 4) is 0 Å². The topological polar surface area (TPSA) is 72.7 Å². The predicted molar refractivity (Wildman–Crippen MR) is 70.7 cm³/mol. The van der Waals surface area contributed by atoms with Crippen LogP contribution >= 0.6 is 12.2 Å². The monoisotopic (exact) mass is 248 g/mol. The summed E-state index contributed by atoms with van der Waals surface area (Å²) in [5, 5.41) is 5.34. The van der Waals surface area contributed by atoms with Crippen molar-refractivity contribution in [2.45, 2.75) is 0 Å². The van der Waals surface area contributed by atoms with Gasteiger partial charge in [0.1, 0.15) is 0 Å². The highest BCUT2D eigenvalue weighted by Crippen LogP contribution is 2.15. The summed E-state index contributed by atoms with van der Waals surface area (Å²) >= 11 is 4.98. The number of anilines is 1. The van der Waals surface area contributed by atoms with Crippen molar-refractivity contribution >= 4 is 35.0 Å². The lowest BCUT2D eigenvalue weighted by atomic mass is 10.3. The lowest BCUT2D eigenvalue weighted by Gasteiger charge is -2.05. The fourth-order valence-electron chi connectivity index (χ4n) is 1.45. The van der Waals surface area contributed by atoms with E-state index < -0.39 is 0 Å². The summed E-state index contributed by atoms with van der Waals surface area (Å²) in [5.41, 5.74) is 2.47. The largest absolute Gasteiger partial charge is 0.334 e. The summed E-state index contributed by atoms with van der Waals surface area (Å²) in [6.45, 7) is 3.95. The minimum atomic E-state index is -0.265. The Labute approximate surface area is 103 Å². The van der Waals surface area contributed by atoms with Crippen LogP contribution in [0, 0.1) is 4.77 Å². The summed E-state index contributed by atoms with van der Waals surface area (Å²) in [5.74, 6) is 0. The highest BCUT2D eigenvalue weighted by atomic mass is 32.1. The molecule has 2 aromatic rings. The van der Waals surface area contributed by atoms with Crippen molar-refractivity contribution in [2.24, 2.45) is 0 Å². The van der Waals surface area contributed by atoms with Gasteiger partial charge in [-0.3, -0.25) is 0 Å². The van der Waals surface area contributed by atoms with Crippen LogP contribution in [0.15, 0.2) is 30.9 Å². The van der Waals surface area contributed by atoms with E-state index in [1.165, 1.54) is 0 Å². The fourth-order valence-corrected chi connectivity index (χ4v) is 1.67. The van der Waals surface area contributed by atoms with E-state index in [0.29, 0.717) is 17.0 Å². The van der Waals surface area contributed by atoms with E-state index in [9.17, 15) is 4.79 Å². The molecule has 17 heavy (non-hydrogen) atoms. The van der Waals surface area contributed by atoms with Gasteiger partial charge in [0.25, 0.3) is 0 Å². The van der Waals surface area contributed by atoms with E-state index in [4.69, 9.17) is 12.2 Å². The second-order valence-corrected chi connectivity index (χ2v) is 3.87. The average Bonchev–Trinajstić information content (AvgIpc) is 2.65. The number of nitrogens with one attached hydrogen (secondary N) is 4. The van der Waals surface area contributed by atoms with Gasteiger partial charge in [-0.2, -0.15) is 0 Å². The molecule has 1 aromatic carbocycles. The summed E-state index contributed by atoms with van der Waals surface area (Å²) in [6.07, 6.45) is 1.62. The van der Waals surface area contributed by atoms with E-state index in [1.807, 2.05) is 12.1 Å². The third-order valence-electron chi connectivity index (χ3n) is 2.18. The van der Waals surface area contributed by atoms with Crippen LogP contribution in [0.4, 0.5) is 10.5 Å². The third-order valence-corrected chi connectivity index (χ3v) is 2.38. The molecule has 0 saturated carbocycles. The van der Waals surface area contributed by atoms with Crippen molar-refractivity contribution < 1.29 is 4.79 Å². The van der Waals surface area contributed by atoms with Crippen LogP contribution in [-0.4, -0.2) is 22.5 Å². The van der Waals surface area contributed by atoms with Crippen LogP contribution in [-0.2, 0) is 0 Å². The maximum Gasteiger partial charge on any atom is 0.319 e. The minimum Gasteiger partial charge on any atom is -0.334 e. The fraction of sp³-hybridized carbons (Fsp3) is 0.0909. The number of hydrogen-bond acceptors (Lipinski definition) is 2. The Kier molecular flexibility index (Phi) is 3.24. The van der Waals surface area contributed by atoms with Crippen molar-refractivity contribution in [2.75, 3.05) is 11.9 Å². The number of benzene rings is 1. The van der Waals surface area contributed by atoms with Crippen LogP contribution in [0.1, 0.15) is 0 Å². The zero-order chi connectivity index (χ0) is 12.3. The molecule has 88 valence electrons. The number of carbonyl (C=O) groups excluding carboxylic acids is 1. The van der Waals surface area contributed by atoms with E-state index in [2.05, 4.69) is 27.2 Å². The first kappa shape index (κ1) is 11.4. The molecule has 2 rings (SSSR count). The van der Waals surface area contributed by atoms with Gasteiger partial charge in [-0.05, 0) is 30.4 Å². The zero-order valence-corrected chi connectivity index (χ0v) is 9.86. The molecule has 0 saturated heterocycles. The molecule has 0 aliphatic carbocycles. The number of urea groups is 1. The summed E-state index contributed by atoms with van der Waals surface area (Å²) in [4.78, 5) is 17.4. The van der Waals surface area contributed by atoms with Gasteiger partial charge in [0.2, 0.25) is 0 Å². The number of aromatic nitrogens is 2. The third kappa shape index (κ3) is 2.73. The van der Waals surface area contributed by atoms with Gasteiger partial charge in [0.05, 0.1) is 11.0 Å². The molecule has 1 heterocycles. The van der Waals surface area contributed by atoms with E-state index in [-0.39, 0.29) is 6.03 Å². The number of aromatic amines is 2. The van der Waals surface area contributed by atoms with Gasteiger partial charge in [-0.15, -0.1) is 6.58 Å². The van der Waals surface area contributed by atoms with Crippen molar-refractivity contribution in [1.82, 2.24) is 15.3 Å². The number of fused-ring (bicyclic) bond motifs is 1. The predicted octanol–water partition coefficient (Wildman–Crippen LogP) is 2.53. The molecule has 0 bridgehead atoms. The van der Waals surface area contributed by atoms with E-state index >= 15 is 0 Å². The second-order valence-electron chi connectivity index (χ2n) is 3.46. The second kappa shape index (κ2) is 4.84. The summed E-state index contributed by atoms with van der Waals surface area (Å²) in [7, 11) is 0. The van der Waals surface area contributed by atoms with E-state index in [1.54, 1.807) is 12.1 Å². The van der Waals surface area contributed by atoms with Crippen molar-refractivity contribution in [3.63, 3.8) is 0 Å². The molecule has 5 nitrogen and oxygen atoms in total. The molecule has 0 unspecified atom stereocenters. The molecule has 0 aliphatic heterocycles. The number of imidazole rings is 1. The molecule has 1 aromatic heterocycles. The van der Waals surface area contributed by atoms with Crippen molar-refractivity contribution in [3.05, 3.63) is 35.6 Å². The SMILES string of the molecule is C=CCNC(=O)Nc1ccc2[nH]c(=S)[nH]c2c1. The number of rotatable bonds is 3. The van der Waals surface area contributed by atoms with Crippen molar-refractivity contribution in [1.29, 1.82) is 0 Å². The quantitative estimate of drug-likeness (QED) is 0.498. The van der Waals surface area contributed by atoms with Gasteiger partial charge >= 0.3 is 6.03 Å². The summed E-state index contributed by atoms with van der Waals surface area (Å²) in [6, 6.07) is 5.20. The van der Waals surface area contributed by atoms with Crippen LogP contribution in [0.25, 0.3) is 11.0 Å². The molecule has 0 radical (unpaired) electrons. The number of H-pyrrole nitrogens is 2. The standard InChI is InChI=1S/C11H12N4OS/c1-2-5-12-10(16)13-7-3-4-8-9(6-7)15-11(17)14-8/h2-4,6H,1,5H2,(H2,12,13,16)(H2,14,15,17). The molecule has 2 amide bonds. The van der Waals surface area contributed by atoms with E-state index in [0.717, 1.165) is 11.0 Å².